The van der Waals surface area contributed by atoms with Crippen molar-refractivity contribution in [3.8, 4) is 5.88 Å². The second-order valence-electron chi connectivity index (χ2n) is 5.65. The topological polar surface area (TPSA) is 81.9 Å². The van der Waals surface area contributed by atoms with Crippen molar-refractivity contribution >= 4 is 5.91 Å². The van der Waals surface area contributed by atoms with E-state index in [9.17, 15) is 4.79 Å². The minimum absolute atomic E-state index is 0.224. The van der Waals surface area contributed by atoms with Crippen LogP contribution in [-0.4, -0.2) is 25.7 Å². The maximum absolute atomic E-state index is 12.3. The molecule has 128 valence electrons. The van der Waals surface area contributed by atoms with Gasteiger partial charge in [-0.25, -0.2) is 4.98 Å². The molecule has 0 spiro atoms. The molecule has 0 unspecified atom stereocenters. The van der Waals surface area contributed by atoms with Crippen LogP contribution in [0.3, 0.4) is 0 Å². The zero-order valence-corrected chi connectivity index (χ0v) is 14.1. The first-order valence-corrected chi connectivity index (χ1v) is 7.91. The van der Waals surface area contributed by atoms with Gasteiger partial charge in [-0.1, -0.05) is 30.3 Å². The van der Waals surface area contributed by atoms with Gasteiger partial charge in [-0.2, -0.15) is 0 Å². The maximum atomic E-state index is 12.3. The number of aromatic nitrogens is 4. The number of amides is 1. The highest BCUT2D eigenvalue weighted by atomic mass is 16.5. The van der Waals surface area contributed by atoms with Gasteiger partial charge in [-0.05, 0) is 18.6 Å². The molecule has 3 rings (SSSR count). The van der Waals surface area contributed by atoms with Crippen LogP contribution in [0, 0.1) is 0 Å². The molecule has 0 aliphatic carbocycles. The second kappa shape index (κ2) is 7.57. The summed E-state index contributed by atoms with van der Waals surface area (Å²) in [7, 11) is 1.83. The van der Waals surface area contributed by atoms with E-state index in [0.29, 0.717) is 23.9 Å². The summed E-state index contributed by atoms with van der Waals surface area (Å²) in [6.07, 6.45) is 3.09. The first-order chi connectivity index (χ1) is 12.1. The summed E-state index contributed by atoms with van der Waals surface area (Å²) >= 11 is 0. The van der Waals surface area contributed by atoms with E-state index in [0.717, 1.165) is 5.56 Å². The molecular weight excluding hydrogens is 318 g/mol. The summed E-state index contributed by atoms with van der Waals surface area (Å²) in [4.78, 5) is 16.5. The van der Waals surface area contributed by atoms with E-state index in [-0.39, 0.29) is 11.9 Å². The van der Waals surface area contributed by atoms with Crippen LogP contribution in [0.5, 0.6) is 5.88 Å². The minimum Gasteiger partial charge on any atom is -0.473 e. The first kappa shape index (κ1) is 16.6. The van der Waals surface area contributed by atoms with Gasteiger partial charge < -0.3 is 14.6 Å². The average molecular weight is 337 g/mol. The Kier molecular flexibility index (Phi) is 5.03. The summed E-state index contributed by atoms with van der Waals surface area (Å²) in [6.45, 7) is 2.29. The van der Waals surface area contributed by atoms with Crippen molar-refractivity contribution in [2.45, 2.75) is 19.6 Å². The monoisotopic (exact) mass is 337 g/mol. The number of benzene rings is 1. The lowest BCUT2D eigenvalue weighted by atomic mass is 10.2. The SMILES string of the molecule is C[C@H](NC(=O)c1ccc(OCc2ccccc2)nc1)c1nncn1C. The lowest BCUT2D eigenvalue weighted by Crippen LogP contribution is -2.28. The molecule has 0 aliphatic heterocycles. The van der Waals surface area contributed by atoms with Crippen LogP contribution < -0.4 is 10.1 Å². The lowest BCUT2D eigenvalue weighted by Gasteiger charge is -2.13. The fraction of sp³-hybridized carbons (Fsp3) is 0.222. The zero-order valence-electron chi connectivity index (χ0n) is 14.1. The number of nitrogens with one attached hydrogen (secondary N) is 1. The molecule has 3 aromatic rings. The van der Waals surface area contributed by atoms with Gasteiger partial charge >= 0.3 is 0 Å². The van der Waals surface area contributed by atoms with Gasteiger partial charge in [0.2, 0.25) is 5.88 Å². The third-order valence-corrected chi connectivity index (χ3v) is 3.71. The lowest BCUT2D eigenvalue weighted by molar-refractivity contribution is 0.0937. The molecular formula is C18H19N5O2. The molecule has 0 saturated heterocycles. The van der Waals surface area contributed by atoms with E-state index >= 15 is 0 Å². The Balaban J connectivity index is 1.58. The molecule has 0 bridgehead atoms. The summed E-state index contributed by atoms with van der Waals surface area (Å²) in [6, 6.07) is 12.9. The Morgan fingerprint density at radius 3 is 2.68 bits per heavy atom. The highest BCUT2D eigenvalue weighted by molar-refractivity contribution is 5.94. The quantitative estimate of drug-likeness (QED) is 0.746. The van der Waals surface area contributed by atoms with Crippen LogP contribution in [0.2, 0.25) is 0 Å². The van der Waals surface area contributed by atoms with Crippen molar-refractivity contribution in [3.05, 3.63) is 71.9 Å². The smallest absolute Gasteiger partial charge is 0.253 e. The minimum atomic E-state index is -0.256. The number of carbonyl (C=O) groups is 1. The summed E-state index contributed by atoms with van der Waals surface area (Å²) < 4.78 is 7.39. The molecule has 7 heteroatoms. The van der Waals surface area contributed by atoms with E-state index in [1.165, 1.54) is 6.20 Å². The molecule has 7 nitrogen and oxygen atoms in total. The third kappa shape index (κ3) is 4.20. The molecule has 1 amide bonds. The Morgan fingerprint density at radius 2 is 2.04 bits per heavy atom. The van der Waals surface area contributed by atoms with E-state index in [1.54, 1.807) is 23.0 Å². The van der Waals surface area contributed by atoms with E-state index in [4.69, 9.17) is 4.74 Å². The van der Waals surface area contributed by atoms with Crippen molar-refractivity contribution in [2.24, 2.45) is 7.05 Å². The van der Waals surface area contributed by atoms with E-state index < -0.39 is 0 Å². The summed E-state index contributed by atoms with van der Waals surface area (Å²) in [5.74, 6) is 0.934. The van der Waals surface area contributed by atoms with Crippen LogP contribution in [0.1, 0.15) is 34.7 Å². The van der Waals surface area contributed by atoms with Gasteiger partial charge in [-0.15, -0.1) is 10.2 Å². The van der Waals surface area contributed by atoms with Gasteiger partial charge in [0.25, 0.3) is 5.91 Å². The predicted octanol–water partition coefficient (Wildman–Crippen LogP) is 2.28. The van der Waals surface area contributed by atoms with Crippen LogP contribution in [0.15, 0.2) is 55.0 Å². The third-order valence-electron chi connectivity index (χ3n) is 3.71. The number of carbonyl (C=O) groups excluding carboxylic acids is 1. The molecule has 0 radical (unpaired) electrons. The Hall–Kier alpha value is -3.22. The van der Waals surface area contributed by atoms with Gasteiger partial charge in [0.15, 0.2) is 5.82 Å². The number of ether oxygens (including phenoxy) is 1. The zero-order chi connectivity index (χ0) is 17.6. The standard InChI is InChI=1S/C18H19N5O2/c1-13(17-22-20-12-23(17)2)21-18(24)15-8-9-16(19-10-15)25-11-14-6-4-3-5-7-14/h3-10,12-13H,11H2,1-2H3,(H,21,24)/t13-/m0/s1. The molecule has 2 aromatic heterocycles. The van der Waals surface area contributed by atoms with Crippen LogP contribution >= 0.6 is 0 Å². The number of pyridine rings is 1. The molecule has 0 fully saturated rings. The Labute approximate surface area is 145 Å². The van der Waals surface area contributed by atoms with Crippen molar-refractivity contribution in [2.75, 3.05) is 0 Å². The fourth-order valence-corrected chi connectivity index (χ4v) is 2.36. The number of nitrogens with zero attached hydrogens (tertiary/aromatic N) is 4. The maximum Gasteiger partial charge on any atom is 0.253 e. The van der Waals surface area contributed by atoms with Crippen LogP contribution in [-0.2, 0) is 13.7 Å². The van der Waals surface area contributed by atoms with Crippen molar-refractivity contribution in [1.29, 1.82) is 0 Å². The average Bonchev–Trinajstić information content (AvgIpc) is 3.07. The Bertz CT molecular complexity index is 830. The van der Waals surface area contributed by atoms with Gasteiger partial charge in [0.1, 0.15) is 12.9 Å². The summed E-state index contributed by atoms with van der Waals surface area (Å²) in [5, 5.41) is 10.7. The second-order valence-corrected chi connectivity index (χ2v) is 5.65. The molecule has 1 atom stereocenters. The number of hydrogen-bond acceptors (Lipinski definition) is 5. The highest BCUT2D eigenvalue weighted by Gasteiger charge is 2.15. The summed E-state index contributed by atoms with van der Waals surface area (Å²) in [5.41, 5.74) is 1.52. The molecule has 1 N–H and O–H groups in total. The Morgan fingerprint density at radius 1 is 1.24 bits per heavy atom. The first-order valence-electron chi connectivity index (χ1n) is 7.91. The molecule has 1 aromatic carbocycles. The van der Waals surface area contributed by atoms with E-state index in [2.05, 4.69) is 20.5 Å². The largest absolute Gasteiger partial charge is 0.473 e. The van der Waals surface area contributed by atoms with E-state index in [1.807, 2.05) is 44.3 Å². The predicted molar refractivity (Wildman–Crippen MR) is 91.9 cm³/mol. The van der Waals surface area contributed by atoms with Crippen LogP contribution in [0.25, 0.3) is 0 Å². The van der Waals surface area contributed by atoms with Crippen molar-refractivity contribution < 1.29 is 9.53 Å². The van der Waals surface area contributed by atoms with Gasteiger partial charge in [0, 0.05) is 19.3 Å². The normalized spacial score (nSPS) is 11.8. The number of rotatable bonds is 6. The van der Waals surface area contributed by atoms with Crippen LogP contribution in [0.4, 0.5) is 0 Å². The fourth-order valence-electron chi connectivity index (χ4n) is 2.36. The van der Waals surface area contributed by atoms with Crippen molar-refractivity contribution in [3.63, 3.8) is 0 Å². The molecule has 2 heterocycles. The molecule has 0 saturated carbocycles. The van der Waals surface area contributed by atoms with Gasteiger partial charge in [0.05, 0.1) is 11.6 Å². The number of hydrogen-bond donors (Lipinski definition) is 1. The number of aryl methyl sites for hydroxylation is 1. The molecule has 0 aliphatic rings. The molecule has 25 heavy (non-hydrogen) atoms. The van der Waals surface area contributed by atoms with Gasteiger partial charge in [-0.3, -0.25) is 4.79 Å². The highest BCUT2D eigenvalue weighted by Crippen LogP contribution is 2.12. The van der Waals surface area contributed by atoms with Crippen molar-refractivity contribution in [1.82, 2.24) is 25.1 Å².